The molecule has 1 aromatic rings. The minimum Gasteiger partial charge on any atom is -0.479 e. The van der Waals surface area contributed by atoms with E-state index in [1.807, 2.05) is 32.9 Å². The molecular weight excluding hydrogens is 384 g/mol. The fraction of sp³-hybridized carbons (Fsp3) is 0.609. The molecule has 1 fully saturated rings. The van der Waals surface area contributed by atoms with Gasteiger partial charge in [0.25, 0.3) is 11.8 Å². The van der Waals surface area contributed by atoms with Gasteiger partial charge in [0.2, 0.25) is 0 Å². The number of ether oxygens (including phenoxy) is 2. The third-order valence-corrected chi connectivity index (χ3v) is 5.68. The number of rotatable bonds is 6. The average molecular weight is 417 g/mol. The summed E-state index contributed by atoms with van der Waals surface area (Å²) in [6.07, 6.45) is 3.75. The second kappa shape index (κ2) is 9.49. The van der Waals surface area contributed by atoms with Gasteiger partial charge in [-0.15, -0.1) is 0 Å². The molecule has 164 valence electrons. The molecule has 2 aliphatic rings. The topological polar surface area (TPSA) is 84.9 Å². The maximum Gasteiger partial charge on any atom is 0.326 e. The van der Waals surface area contributed by atoms with Crippen LogP contribution in [0.1, 0.15) is 58.4 Å². The van der Waals surface area contributed by atoms with Crippen molar-refractivity contribution < 1.29 is 23.9 Å². The molecule has 1 heterocycles. The molecule has 1 aliphatic heterocycles. The molecule has 2 atom stereocenters. The summed E-state index contributed by atoms with van der Waals surface area (Å²) in [5.41, 5.74) is 1.49. The number of nitrogens with one attached hydrogen (secondary N) is 1. The highest BCUT2D eigenvalue weighted by Crippen LogP contribution is 2.34. The molecule has 0 radical (unpaired) electrons. The van der Waals surface area contributed by atoms with E-state index < -0.39 is 18.2 Å². The van der Waals surface area contributed by atoms with Gasteiger partial charge in [0.15, 0.2) is 12.2 Å². The summed E-state index contributed by atoms with van der Waals surface area (Å²) in [4.78, 5) is 39.5. The van der Waals surface area contributed by atoms with Gasteiger partial charge in [-0.25, -0.2) is 0 Å². The molecule has 1 aromatic carbocycles. The monoisotopic (exact) mass is 416 g/mol. The van der Waals surface area contributed by atoms with E-state index in [1.54, 1.807) is 13.0 Å². The molecule has 3 rings (SSSR count). The normalized spacial score (nSPS) is 20.4. The summed E-state index contributed by atoms with van der Waals surface area (Å²) < 4.78 is 11.2. The smallest absolute Gasteiger partial charge is 0.326 e. The highest BCUT2D eigenvalue weighted by atomic mass is 16.5. The lowest BCUT2D eigenvalue weighted by atomic mass is 9.95. The van der Waals surface area contributed by atoms with E-state index in [9.17, 15) is 14.4 Å². The number of anilines is 1. The predicted octanol–water partition coefficient (Wildman–Crippen LogP) is 3.13. The zero-order valence-corrected chi connectivity index (χ0v) is 18.3. The second-order valence-corrected chi connectivity index (χ2v) is 8.65. The van der Waals surface area contributed by atoms with E-state index >= 15 is 0 Å². The Hall–Kier alpha value is -2.57. The van der Waals surface area contributed by atoms with Crippen molar-refractivity contribution in [1.29, 1.82) is 0 Å². The van der Waals surface area contributed by atoms with Crippen LogP contribution in [0.15, 0.2) is 18.2 Å². The maximum absolute atomic E-state index is 12.8. The molecule has 0 unspecified atom stereocenters. The average Bonchev–Trinajstić information content (AvgIpc) is 2.70. The van der Waals surface area contributed by atoms with Crippen LogP contribution in [0.3, 0.4) is 0 Å². The van der Waals surface area contributed by atoms with Gasteiger partial charge in [-0.3, -0.25) is 19.3 Å². The van der Waals surface area contributed by atoms with Crippen LogP contribution in [-0.4, -0.2) is 42.6 Å². The van der Waals surface area contributed by atoms with E-state index in [1.165, 1.54) is 11.3 Å². The number of benzene rings is 1. The van der Waals surface area contributed by atoms with Crippen molar-refractivity contribution in [3.63, 3.8) is 0 Å². The number of carbonyl (C=O) groups excluding carboxylic acids is 3. The van der Waals surface area contributed by atoms with Crippen molar-refractivity contribution in [2.75, 3.05) is 11.4 Å². The zero-order valence-electron chi connectivity index (χ0n) is 18.3. The van der Waals surface area contributed by atoms with Crippen molar-refractivity contribution in [3.05, 3.63) is 23.8 Å². The molecule has 30 heavy (non-hydrogen) atoms. The Morgan fingerprint density at radius 2 is 1.93 bits per heavy atom. The highest BCUT2D eigenvalue weighted by molar-refractivity contribution is 6.03. The van der Waals surface area contributed by atoms with Crippen LogP contribution in [0.5, 0.6) is 5.75 Å². The van der Waals surface area contributed by atoms with E-state index in [0.29, 0.717) is 11.4 Å². The van der Waals surface area contributed by atoms with Crippen molar-refractivity contribution in [3.8, 4) is 5.75 Å². The summed E-state index contributed by atoms with van der Waals surface area (Å²) in [7, 11) is 0. The molecule has 1 aliphatic carbocycles. The lowest BCUT2D eigenvalue weighted by molar-refractivity contribution is -0.158. The summed E-state index contributed by atoms with van der Waals surface area (Å²) in [5.74, 6) is -0.800. The van der Waals surface area contributed by atoms with Crippen LogP contribution in [0.25, 0.3) is 0 Å². The number of hydrogen-bond donors (Lipinski definition) is 1. The third-order valence-electron chi connectivity index (χ3n) is 5.68. The fourth-order valence-corrected chi connectivity index (χ4v) is 4.01. The van der Waals surface area contributed by atoms with E-state index in [2.05, 4.69) is 5.32 Å². The fourth-order valence-electron chi connectivity index (χ4n) is 4.01. The molecular formula is C23H32N2O5. The van der Waals surface area contributed by atoms with Gasteiger partial charge < -0.3 is 14.8 Å². The Morgan fingerprint density at radius 3 is 2.60 bits per heavy atom. The number of carbonyl (C=O) groups is 3. The lowest BCUT2D eigenvalue weighted by Crippen LogP contribution is -2.49. The Bertz CT molecular complexity index is 801. The highest BCUT2D eigenvalue weighted by Gasteiger charge is 2.35. The van der Waals surface area contributed by atoms with E-state index in [4.69, 9.17) is 9.47 Å². The van der Waals surface area contributed by atoms with Crippen LogP contribution in [0, 0.1) is 12.8 Å². The summed E-state index contributed by atoms with van der Waals surface area (Å²) >= 11 is 0. The molecule has 7 nitrogen and oxygen atoms in total. The summed E-state index contributed by atoms with van der Waals surface area (Å²) in [5, 5.41) is 3.03. The number of amides is 2. The van der Waals surface area contributed by atoms with E-state index in [-0.39, 0.29) is 30.3 Å². The zero-order chi connectivity index (χ0) is 21.8. The molecule has 7 heteroatoms. The van der Waals surface area contributed by atoms with Crippen LogP contribution >= 0.6 is 0 Å². The number of nitrogens with zero attached hydrogens (tertiary/aromatic N) is 1. The predicted molar refractivity (Wildman–Crippen MR) is 113 cm³/mol. The molecule has 0 spiro atoms. The number of esters is 1. The molecule has 0 saturated heterocycles. The number of aryl methyl sites for hydroxylation is 1. The number of hydrogen-bond acceptors (Lipinski definition) is 5. The SMILES string of the molecule is Cc1ccc2c(c1)N(CC(=O)O[C@@H](C(=O)NC1CCCCC1)C(C)C)C(=O)[C@H](C)O2. The Balaban J connectivity index is 1.68. The third kappa shape index (κ3) is 5.12. The van der Waals surface area contributed by atoms with Crippen molar-refractivity contribution in [2.45, 2.75) is 78.0 Å². The van der Waals surface area contributed by atoms with Crippen LogP contribution < -0.4 is 15.0 Å². The van der Waals surface area contributed by atoms with Crippen molar-refractivity contribution in [2.24, 2.45) is 5.92 Å². The van der Waals surface area contributed by atoms with Gasteiger partial charge in [-0.2, -0.15) is 0 Å². The van der Waals surface area contributed by atoms with Gasteiger partial charge in [0.1, 0.15) is 12.3 Å². The van der Waals surface area contributed by atoms with Crippen LogP contribution in [-0.2, 0) is 19.1 Å². The first kappa shape index (κ1) is 22.1. The van der Waals surface area contributed by atoms with Crippen LogP contribution in [0.4, 0.5) is 5.69 Å². The van der Waals surface area contributed by atoms with Crippen LogP contribution in [0.2, 0.25) is 0 Å². The molecule has 1 saturated carbocycles. The maximum atomic E-state index is 12.8. The van der Waals surface area contributed by atoms with Gasteiger partial charge in [0.05, 0.1) is 5.69 Å². The second-order valence-electron chi connectivity index (χ2n) is 8.65. The summed E-state index contributed by atoms with van der Waals surface area (Å²) in [6.45, 7) is 6.99. The standard InChI is InChI=1S/C23H32N2O5/c1-14(2)21(22(27)24-17-8-6-5-7-9-17)30-20(26)13-25-18-12-15(3)10-11-19(18)29-16(4)23(25)28/h10-12,14,16-17,21H,5-9,13H2,1-4H3,(H,24,27)/t16-,21+/m0/s1. The Labute approximate surface area is 178 Å². The first-order valence-electron chi connectivity index (χ1n) is 10.8. The lowest BCUT2D eigenvalue weighted by Gasteiger charge is -2.33. The number of fused-ring (bicyclic) bond motifs is 1. The van der Waals surface area contributed by atoms with Crippen molar-refractivity contribution in [1.82, 2.24) is 5.32 Å². The summed E-state index contributed by atoms with van der Waals surface area (Å²) in [6, 6.07) is 5.63. The van der Waals surface area contributed by atoms with E-state index in [0.717, 1.165) is 31.2 Å². The Morgan fingerprint density at radius 1 is 1.23 bits per heavy atom. The van der Waals surface area contributed by atoms with Gasteiger partial charge in [-0.05, 0) is 50.3 Å². The molecule has 2 amide bonds. The first-order valence-corrected chi connectivity index (χ1v) is 10.8. The minimum absolute atomic E-state index is 0.141. The minimum atomic E-state index is -0.884. The van der Waals surface area contributed by atoms with Gasteiger partial charge in [0, 0.05) is 6.04 Å². The van der Waals surface area contributed by atoms with Crippen molar-refractivity contribution >= 4 is 23.5 Å². The quantitative estimate of drug-likeness (QED) is 0.720. The molecule has 0 aromatic heterocycles. The largest absolute Gasteiger partial charge is 0.479 e. The Kier molecular flexibility index (Phi) is 7.00. The molecule has 1 N–H and O–H groups in total. The molecule has 0 bridgehead atoms. The van der Waals surface area contributed by atoms with Gasteiger partial charge in [-0.1, -0.05) is 39.2 Å². The first-order chi connectivity index (χ1) is 14.3. The van der Waals surface area contributed by atoms with Gasteiger partial charge >= 0.3 is 5.97 Å².